The van der Waals surface area contributed by atoms with Crippen molar-refractivity contribution >= 4 is 11.9 Å². The topological polar surface area (TPSA) is 95.9 Å². The second-order valence-electron chi connectivity index (χ2n) is 17.7. The average Bonchev–Trinajstić information content (AvgIpc) is 3.24. The first-order chi connectivity index (χ1) is 29.5. The van der Waals surface area contributed by atoms with Gasteiger partial charge in [-0.15, -0.1) is 0 Å². The highest BCUT2D eigenvalue weighted by Gasteiger charge is 2.24. The Morgan fingerprint density at radius 1 is 0.483 bits per heavy atom. The molecule has 0 saturated heterocycles. The summed E-state index contributed by atoms with van der Waals surface area (Å²) in [7, 11) is 0. The molecule has 6 heteroatoms. The fourth-order valence-corrected chi connectivity index (χ4v) is 7.80. The molecule has 0 aliphatic rings. The van der Waals surface area contributed by atoms with Crippen LogP contribution in [0.4, 0.5) is 0 Å². The summed E-state index contributed by atoms with van der Waals surface area (Å²) in [6, 6.07) is -0.713. The lowest BCUT2D eigenvalue weighted by molar-refractivity contribution is -0.151. The van der Waals surface area contributed by atoms with Crippen LogP contribution in [0.2, 0.25) is 0 Å². The highest BCUT2D eigenvalue weighted by Crippen LogP contribution is 2.18. The van der Waals surface area contributed by atoms with Gasteiger partial charge in [0.05, 0.1) is 25.2 Å². The minimum absolute atomic E-state index is 0.0537. The summed E-state index contributed by atoms with van der Waals surface area (Å²) in [6.07, 6.45) is 57.4. The van der Waals surface area contributed by atoms with Gasteiger partial charge in [-0.05, 0) is 51.4 Å². The van der Waals surface area contributed by atoms with E-state index in [1.807, 2.05) is 6.08 Å². The molecule has 0 aromatic rings. The minimum Gasteiger partial charge on any atom is -0.462 e. The van der Waals surface area contributed by atoms with Crippen molar-refractivity contribution in [3.8, 4) is 0 Å². The maximum Gasteiger partial charge on any atom is 0.306 e. The first kappa shape index (κ1) is 57.8. The molecule has 0 bridgehead atoms. The van der Waals surface area contributed by atoms with E-state index in [4.69, 9.17) is 4.74 Å². The minimum atomic E-state index is -0.797. The van der Waals surface area contributed by atoms with Gasteiger partial charge in [0.1, 0.15) is 6.10 Å². The molecular weight excluding hydrogens is 743 g/mol. The van der Waals surface area contributed by atoms with Crippen molar-refractivity contribution in [2.75, 3.05) is 6.61 Å². The number of unbranched alkanes of at least 4 members (excludes halogenated alkanes) is 29. The third kappa shape index (κ3) is 42.5. The van der Waals surface area contributed by atoms with Crippen molar-refractivity contribution in [1.29, 1.82) is 0 Å². The zero-order valence-corrected chi connectivity index (χ0v) is 39.8. The van der Waals surface area contributed by atoms with E-state index in [-0.39, 0.29) is 24.9 Å². The van der Waals surface area contributed by atoms with Crippen molar-refractivity contribution in [1.82, 2.24) is 5.32 Å². The first-order valence-electron chi connectivity index (χ1n) is 25.9. The highest BCUT2D eigenvalue weighted by molar-refractivity contribution is 5.77. The average molecular weight is 842 g/mol. The van der Waals surface area contributed by atoms with Gasteiger partial charge in [0.15, 0.2) is 0 Å². The number of aliphatic hydroxyl groups excluding tert-OH is 2. The number of amides is 1. The molecule has 0 rings (SSSR count). The number of allylic oxidation sites excluding steroid dienone is 8. The van der Waals surface area contributed by atoms with Gasteiger partial charge in [-0.3, -0.25) is 9.59 Å². The molecule has 0 aliphatic carbocycles. The quantitative estimate of drug-likeness (QED) is 0.0322. The normalized spacial score (nSPS) is 13.6. The summed E-state index contributed by atoms with van der Waals surface area (Å²) in [4.78, 5) is 26.1. The van der Waals surface area contributed by atoms with E-state index in [9.17, 15) is 19.8 Å². The van der Waals surface area contributed by atoms with Crippen LogP contribution in [-0.4, -0.2) is 46.9 Å². The Bertz CT molecular complexity index is 1040. The summed E-state index contributed by atoms with van der Waals surface area (Å²) in [6.45, 7) is 6.43. The van der Waals surface area contributed by atoms with Gasteiger partial charge in [-0.2, -0.15) is 0 Å². The highest BCUT2D eigenvalue weighted by atomic mass is 16.5. The van der Waals surface area contributed by atoms with Crippen molar-refractivity contribution in [2.24, 2.45) is 0 Å². The summed E-state index contributed by atoms with van der Waals surface area (Å²) in [5.41, 5.74) is 0. The van der Waals surface area contributed by atoms with Gasteiger partial charge in [0.2, 0.25) is 5.91 Å². The van der Waals surface area contributed by atoms with E-state index in [0.717, 1.165) is 70.6 Å². The van der Waals surface area contributed by atoms with Gasteiger partial charge < -0.3 is 20.3 Å². The van der Waals surface area contributed by atoms with Crippen LogP contribution in [0, 0.1) is 0 Å². The lowest BCUT2D eigenvalue weighted by atomic mass is 10.0. The number of esters is 1. The van der Waals surface area contributed by atoms with Crippen LogP contribution in [0.25, 0.3) is 0 Å². The molecule has 1 amide bonds. The molecule has 0 aromatic carbocycles. The van der Waals surface area contributed by atoms with Crippen LogP contribution in [0.15, 0.2) is 48.6 Å². The predicted molar refractivity (Wildman–Crippen MR) is 259 cm³/mol. The third-order valence-electron chi connectivity index (χ3n) is 11.8. The summed E-state index contributed by atoms with van der Waals surface area (Å²) in [5.74, 6) is -0.507. The zero-order valence-electron chi connectivity index (χ0n) is 39.8. The molecule has 0 aromatic heterocycles. The SMILES string of the molecule is CCCCC/C=C/C=C/C=C/C=C/CCCCCC(CC(=O)NC(CO)C(O)CCCCCCCCCCCCCCCCC)OC(=O)CCCCCCCCCCCC. The third-order valence-corrected chi connectivity index (χ3v) is 11.8. The number of ether oxygens (including phenoxy) is 1. The van der Waals surface area contributed by atoms with E-state index in [1.165, 1.54) is 141 Å². The second-order valence-corrected chi connectivity index (χ2v) is 17.7. The lowest BCUT2D eigenvalue weighted by Crippen LogP contribution is -2.46. The fourth-order valence-electron chi connectivity index (χ4n) is 7.80. The monoisotopic (exact) mass is 842 g/mol. The van der Waals surface area contributed by atoms with Crippen molar-refractivity contribution < 1.29 is 24.5 Å². The van der Waals surface area contributed by atoms with E-state index in [0.29, 0.717) is 19.3 Å². The van der Waals surface area contributed by atoms with Crippen molar-refractivity contribution in [2.45, 2.75) is 277 Å². The van der Waals surface area contributed by atoms with E-state index < -0.39 is 18.2 Å². The molecule has 3 atom stereocenters. The Morgan fingerprint density at radius 2 is 0.850 bits per heavy atom. The fraction of sp³-hybridized carbons (Fsp3) is 0.815. The Morgan fingerprint density at radius 3 is 1.32 bits per heavy atom. The van der Waals surface area contributed by atoms with Crippen LogP contribution in [-0.2, 0) is 14.3 Å². The molecule has 3 N–H and O–H groups in total. The molecule has 0 heterocycles. The number of carbonyl (C=O) groups is 2. The summed E-state index contributed by atoms with van der Waals surface area (Å²) >= 11 is 0. The van der Waals surface area contributed by atoms with Crippen LogP contribution in [0.5, 0.6) is 0 Å². The Hall–Kier alpha value is -2.18. The molecule has 3 unspecified atom stereocenters. The predicted octanol–water partition coefficient (Wildman–Crippen LogP) is 15.5. The Balaban J connectivity index is 4.61. The van der Waals surface area contributed by atoms with E-state index >= 15 is 0 Å². The van der Waals surface area contributed by atoms with Crippen molar-refractivity contribution in [3.63, 3.8) is 0 Å². The van der Waals surface area contributed by atoms with Crippen molar-refractivity contribution in [3.05, 3.63) is 48.6 Å². The molecule has 0 saturated carbocycles. The Kier molecular flexibility index (Phi) is 46.1. The lowest BCUT2D eigenvalue weighted by Gasteiger charge is -2.24. The molecular formula is C54H99NO5. The van der Waals surface area contributed by atoms with Crippen LogP contribution in [0.3, 0.4) is 0 Å². The van der Waals surface area contributed by atoms with Gasteiger partial charge >= 0.3 is 5.97 Å². The van der Waals surface area contributed by atoms with Gasteiger partial charge in [-0.1, -0.05) is 243 Å². The van der Waals surface area contributed by atoms with Gasteiger partial charge in [0, 0.05) is 6.42 Å². The maximum absolute atomic E-state index is 13.2. The van der Waals surface area contributed by atoms with E-state index in [1.54, 1.807) is 0 Å². The van der Waals surface area contributed by atoms with Gasteiger partial charge in [0.25, 0.3) is 0 Å². The number of aliphatic hydroxyl groups is 2. The molecule has 6 nitrogen and oxygen atoms in total. The number of nitrogens with one attached hydrogen (secondary N) is 1. The van der Waals surface area contributed by atoms with E-state index in [2.05, 4.69) is 68.6 Å². The summed E-state index contributed by atoms with van der Waals surface area (Å²) in [5, 5.41) is 23.8. The zero-order chi connectivity index (χ0) is 43.8. The summed E-state index contributed by atoms with van der Waals surface area (Å²) < 4.78 is 5.90. The van der Waals surface area contributed by atoms with Crippen LogP contribution >= 0.6 is 0 Å². The standard InChI is InChI=1S/C54H99NO5/c1-4-7-10-13-16-19-22-24-26-28-29-31-33-36-39-42-45-50(60-54(59)47-44-41-38-35-21-18-15-12-9-6-3)48-53(58)55-51(49-56)52(57)46-43-40-37-34-32-30-27-25-23-20-17-14-11-8-5-2/h16,19,22,24,26,28-29,31,50-52,56-57H,4-15,17-18,20-21,23,25,27,30,32-49H2,1-3H3,(H,55,58)/b19-16+,24-22+,28-26+,31-29+. The van der Waals surface area contributed by atoms with Crippen LogP contribution < -0.4 is 5.32 Å². The number of hydrogen-bond acceptors (Lipinski definition) is 5. The number of hydrogen-bond donors (Lipinski definition) is 3. The van der Waals surface area contributed by atoms with Crippen LogP contribution in [0.1, 0.15) is 258 Å². The molecule has 60 heavy (non-hydrogen) atoms. The molecule has 0 fully saturated rings. The Labute approximate surface area is 372 Å². The smallest absolute Gasteiger partial charge is 0.306 e. The number of rotatable bonds is 46. The largest absolute Gasteiger partial charge is 0.462 e. The van der Waals surface area contributed by atoms with Gasteiger partial charge in [-0.25, -0.2) is 0 Å². The number of carbonyl (C=O) groups excluding carboxylic acids is 2. The molecule has 0 radical (unpaired) electrons. The second kappa shape index (κ2) is 47.9. The maximum atomic E-state index is 13.2. The molecule has 0 aliphatic heterocycles. The molecule has 350 valence electrons. The first-order valence-corrected chi connectivity index (χ1v) is 25.9. The molecule has 0 spiro atoms.